The molecule has 1 aromatic carbocycles. The Bertz CT molecular complexity index is 568. The van der Waals surface area contributed by atoms with Gasteiger partial charge in [-0.1, -0.05) is 6.07 Å². The van der Waals surface area contributed by atoms with E-state index in [0.29, 0.717) is 18.6 Å². The molecule has 0 aromatic heterocycles. The lowest BCUT2D eigenvalue weighted by atomic mass is 10.0. The molecule has 1 amide bonds. The predicted molar refractivity (Wildman–Crippen MR) is 87.0 cm³/mol. The van der Waals surface area contributed by atoms with Gasteiger partial charge in [-0.15, -0.1) is 0 Å². The summed E-state index contributed by atoms with van der Waals surface area (Å²) in [6, 6.07) is 5.56. The number of carbonyl (C=O) groups is 2. The number of likely N-dealkylation sites (N-methyl/N-ethyl adjacent to an activating group) is 1. The van der Waals surface area contributed by atoms with Crippen LogP contribution in [0.2, 0.25) is 0 Å². The molecule has 0 aliphatic carbocycles. The number of aliphatic carboxylic acids is 1. The summed E-state index contributed by atoms with van der Waals surface area (Å²) in [6.45, 7) is 3.03. The van der Waals surface area contributed by atoms with Gasteiger partial charge in [-0.3, -0.25) is 4.79 Å². The van der Waals surface area contributed by atoms with Crippen LogP contribution < -0.4 is 9.47 Å². The fraction of sp³-hybridized carbons (Fsp3) is 0.529. The van der Waals surface area contributed by atoms with Crippen LogP contribution in [0.15, 0.2) is 18.2 Å². The van der Waals surface area contributed by atoms with E-state index in [1.54, 1.807) is 20.3 Å². The molecule has 0 aliphatic heterocycles. The van der Waals surface area contributed by atoms with Gasteiger partial charge in [0.05, 0.1) is 14.2 Å². The normalized spacial score (nSPS) is 11.0. The van der Waals surface area contributed by atoms with Gasteiger partial charge in [0.25, 0.3) is 0 Å². The number of carboxylic acids is 1. The summed E-state index contributed by atoms with van der Waals surface area (Å²) in [7, 11) is 4.70. The number of hydrogen-bond acceptors (Lipinski definition) is 4. The molecule has 0 bridgehead atoms. The number of hydrogen-bond donors (Lipinski definition) is 1. The van der Waals surface area contributed by atoms with Gasteiger partial charge >= 0.3 is 5.97 Å². The Morgan fingerprint density at radius 2 is 1.87 bits per heavy atom. The summed E-state index contributed by atoms with van der Waals surface area (Å²) in [5, 5.41) is 9.16. The average molecular weight is 323 g/mol. The molecule has 0 aliphatic rings. The molecule has 1 N–H and O–H groups in total. The Kier molecular flexibility index (Phi) is 6.42. The number of carboxylic acid groups (broad SMARTS) is 1. The van der Waals surface area contributed by atoms with Crippen molar-refractivity contribution in [2.45, 2.75) is 38.6 Å². The van der Waals surface area contributed by atoms with Crippen LogP contribution in [0.5, 0.6) is 11.5 Å². The summed E-state index contributed by atoms with van der Waals surface area (Å²) in [5.41, 5.74) is -0.226. The molecule has 0 saturated carbocycles. The molecule has 1 aromatic rings. The Labute approximate surface area is 137 Å². The zero-order valence-corrected chi connectivity index (χ0v) is 14.4. The van der Waals surface area contributed by atoms with Crippen molar-refractivity contribution in [2.24, 2.45) is 0 Å². The van der Waals surface area contributed by atoms with Crippen LogP contribution in [0.4, 0.5) is 0 Å². The third kappa shape index (κ3) is 4.61. The maximum Gasteiger partial charge on any atom is 0.329 e. The van der Waals surface area contributed by atoms with Crippen LogP contribution in [0.3, 0.4) is 0 Å². The fourth-order valence-electron chi connectivity index (χ4n) is 2.11. The third-order valence-electron chi connectivity index (χ3n) is 4.07. The first-order chi connectivity index (χ1) is 10.7. The quantitative estimate of drug-likeness (QED) is 0.795. The van der Waals surface area contributed by atoms with Gasteiger partial charge in [-0.05, 0) is 38.3 Å². The van der Waals surface area contributed by atoms with Crippen LogP contribution in [0.25, 0.3) is 0 Å². The summed E-state index contributed by atoms with van der Waals surface area (Å²) >= 11 is 0. The van der Waals surface area contributed by atoms with Gasteiger partial charge < -0.3 is 19.5 Å². The van der Waals surface area contributed by atoms with E-state index in [4.69, 9.17) is 14.6 Å². The lowest BCUT2D eigenvalue weighted by molar-refractivity contribution is -0.155. The minimum absolute atomic E-state index is 0.190. The number of ether oxygens (including phenoxy) is 2. The monoisotopic (exact) mass is 323 g/mol. The first-order valence-electron chi connectivity index (χ1n) is 7.45. The minimum Gasteiger partial charge on any atom is -0.497 e. The third-order valence-corrected chi connectivity index (χ3v) is 4.07. The molecule has 0 heterocycles. The van der Waals surface area contributed by atoms with E-state index in [1.807, 2.05) is 12.1 Å². The van der Waals surface area contributed by atoms with E-state index in [9.17, 15) is 9.59 Å². The van der Waals surface area contributed by atoms with Crippen molar-refractivity contribution >= 4 is 11.9 Å². The zero-order chi connectivity index (χ0) is 17.6. The van der Waals surface area contributed by atoms with Gasteiger partial charge in [-0.25, -0.2) is 4.79 Å². The van der Waals surface area contributed by atoms with E-state index in [0.717, 1.165) is 11.3 Å². The van der Waals surface area contributed by atoms with Gasteiger partial charge in [-0.2, -0.15) is 0 Å². The number of methoxy groups -OCH3 is 2. The number of nitrogens with zero attached hydrogens (tertiary/aromatic N) is 1. The molecule has 6 nitrogen and oxygen atoms in total. The largest absolute Gasteiger partial charge is 0.497 e. The second kappa shape index (κ2) is 7.85. The van der Waals surface area contributed by atoms with Crippen LogP contribution in [-0.4, -0.2) is 48.7 Å². The van der Waals surface area contributed by atoms with Crippen molar-refractivity contribution in [3.63, 3.8) is 0 Å². The first kappa shape index (κ1) is 18.8. The number of amides is 1. The van der Waals surface area contributed by atoms with Gasteiger partial charge in [0, 0.05) is 19.5 Å². The van der Waals surface area contributed by atoms with Crippen molar-refractivity contribution in [2.75, 3.05) is 21.3 Å². The second-order valence-electron chi connectivity index (χ2n) is 5.85. The predicted octanol–water partition coefficient (Wildman–Crippen LogP) is 2.35. The molecule has 1 rings (SSSR count). The summed E-state index contributed by atoms with van der Waals surface area (Å²) in [6.07, 6.45) is 1.56. The Morgan fingerprint density at radius 1 is 1.22 bits per heavy atom. The molecule has 6 heteroatoms. The average Bonchev–Trinajstić information content (AvgIpc) is 2.53. The standard InChI is InChI=1S/C17H25NO5/c1-17(2,16(20)21)18(3)15(19)8-6-7-12-9-10-13(22-4)11-14(12)23-5/h9-11H,6-8H2,1-5H3,(H,20,21). The lowest BCUT2D eigenvalue weighted by Crippen LogP contribution is -2.50. The van der Waals surface area contributed by atoms with E-state index in [2.05, 4.69) is 0 Å². The molecule has 0 saturated heterocycles. The molecule has 0 spiro atoms. The SMILES string of the molecule is COc1ccc(CCCC(=O)N(C)C(C)(C)C(=O)O)c(OC)c1. The highest BCUT2D eigenvalue weighted by Gasteiger charge is 2.34. The zero-order valence-electron chi connectivity index (χ0n) is 14.4. The molecule has 23 heavy (non-hydrogen) atoms. The minimum atomic E-state index is -1.21. The molecule has 0 radical (unpaired) electrons. The van der Waals surface area contributed by atoms with Gasteiger partial charge in [0.1, 0.15) is 17.0 Å². The van der Waals surface area contributed by atoms with Crippen molar-refractivity contribution in [3.8, 4) is 11.5 Å². The van der Waals surface area contributed by atoms with E-state index < -0.39 is 11.5 Å². The fourth-order valence-corrected chi connectivity index (χ4v) is 2.11. The molecule has 0 atom stereocenters. The maximum atomic E-state index is 12.2. The molecule has 0 unspecified atom stereocenters. The number of benzene rings is 1. The first-order valence-corrected chi connectivity index (χ1v) is 7.45. The van der Waals surface area contributed by atoms with Crippen molar-refractivity contribution in [1.82, 2.24) is 4.90 Å². The highest BCUT2D eigenvalue weighted by Crippen LogP contribution is 2.26. The van der Waals surface area contributed by atoms with Gasteiger partial charge in [0.2, 0.25) is 5.91 Å². The van der Waals surface area contributed by atoms with Crippen LogP contribution in [0, 0.1) is 0 Å². The molecule has 128 valence electrons. The highest BCUT2D eigenvalue weighted by atomic mass is 16.5. The lowest BCUT2D eigenvalue weighted by Gasteiger charge is -2.31. The van der Waals surface area contributed by atoms with Crippen LogP contribution in [-0.2, 0) is 16.0 Å². The topological polar surface area (TPSA) is 76.1 Å². The van der Waals surface area contributed by atoms with E-state index in [1.165, 1.54) is 25.8 Å². The maximum absolute atomic E-state index is 12.2. The van der Waals surface area contributed by atoms with E-state index >= 15 is 0 Å². The van der Waals surface area contributed by atoms with Crippen molar-refractivity contribution in [1.29, 1.82) is 0 Å². The highest BCUT2D eigenvalue weighted by molar-refractivity contribution is 5.86. The number of carbonyl (C=O) groups excluding carboxylic acids is 1. The molecular weight excluding hydrogens is 298 g/mol. The van der Waals surface area contributed by atoms with Crippen molar-refractivity contribution < 1.29 is 24.2 Å². The Balaban J connectivity index is 2.63. The molecular formula is C17H25NO5. The second-order valence-corrected chi connectivity index (χ2v) is 5.85. The number of rotatable bonds is 8. The summed E-state index contributed by atoms with van der Waals surface area (Å²) in [4.78, 5) is 24.6. The van der Waals surface area contributed by atoms with Crippen LogP contribution in [0.1, 0.15) is 32.3 Å². The summed E-state index contributed by atoms with van der Waals surface area (Å²) < 4.78 is 10.5. The van der Waals surface area contributed by atoms with Crippen molar-refractivity contribution in [3.05, 3.63) is 23.8 Å². The van der Waals surface area contributed by atoms with Crippen LogP contribution >= 0.6 is 0 Å². The Morgan fingerprint density at radius 3 is 2.39 bits per heavy atom. The summed E-state index contributed by atoms with van der Waals surface area (Å²) in [5.74, 6) is 0.218. The number of aryl methyl sites for hydroxylation is 1. The van der Waals surface area contributed by atoms with E-state index in [-0.39, 0.29) is 12.3 Å². The smallest absolute Gasteiger partial charge is 0.329 e. The Hall–Kier alpha value is -2.24. The van der Waals surface area contributed by atoms with Gasteiger partial charge in [0.15, 0.2) is 0 Å². The molecule has 0 fully saturated rings.